The molecular weight excluding hydrogens is 273 g/mol. The second-order valence-corrected chi connectivity index (χ2v) is 4.91. The molecule has 1 amide bonds. The van der Waals surface area contributed by atoms with Crippen molar-refractivity contribution in [2.45, 2.75) is 45.6 Å². The second-order valence-electron chi connectivity index (χ2n) is 4.17. The summed E-state index contributed by atoms with van der Waals surface area (Å²) in [6.07, 6.45) is 2.57. The minimum atomic E-state index is -0.262. The lowest BCUT2D eigenvalue weighted by Gasteiger charge is -2.31. The van der Waals surface area contributed by atoms with E-state index >= 15 is 0 Å². The number of nitrogens with zero attached hydrogens (tertiary/aromatic N) is 2. The van der Waals surface area contributed by atoms with Crippen LogP contribution >= 0.6 is 23.2 Å². The zero-order valence-corrected chi connectivity index (χ0v) is 12.3. The van der Waals surface area contributed by atoms with Gasteiger partial charge in [0.15, 0.2) is 10.3 Å². The molecule has 18 heavy (non-hydrogen) atoms. The fraction of sp³-hybridized carbons (Fsp3) is 0.583. The highest BCUT2D eigenvalue weighted by atomic mass is 35.5. The molecule has 0 atom stereocenters. The fourth-order valence-electron chi connectivity index (χ4n) is 1.84. The summed E-state index contributed by atoms with van der Waals surface area (Å²) in [5.41, 5.74) is 0.0484. The number of hydrogen-bond donors (Lipinski definition) is 1. The van der Waals surface area contributed by atoms with Crippen LogP contribution in [0.1, 0.15) is 50.4 Å². The van der Waals surface area contributed by atoms with Gasteiger partial charge in [-0.25, -0.2) is 0 Å². The standard InChI is InChI=1S/C12H17Cl2N3O/c1-4-12(5-2,6-3)15-11(18)8-7-9(13)16-17-10(8)14/h7H,4-6H2,1-3H3,(H,15,18). The lowest BCUT2D eigenvalue weighted by atomic mass is 9.89. The van der Waals surface area contributed by atoms with Gasteiger partial charge in [-0.2, -0.15) is 0 Å². The van der Waals surface area contributed by atoms with Crippen LogP contribution in [-0.2, 0) is 0 Å². The van der Waals surface area contributed by atoms with Crippen LogP contribution in [0, 0.1) is 0 Å². The van der Waals surface area contributed by atoms with Crippen molar-refractivity contribution >= 4 is 29.1 Å². The number of carbonyl (C=O) groups is 1. The van der Waals surface area contributed by atoms with Gasteiger partial charge in [0.05, 0.1) is 5.56 Å². The van der Waals surface area contributed by atoms with Crippen molar-refractivity contribution in [3.8, 4) is 0 Å². The van der Waals surface area contributed by atoms with Crippen LogP contribution in [-0.4, -0.2) is 21.6 Å². The van der Waals surface area contributed by atoms with E-state index in [2.05, 4.69) is 15.5 Å². The van der Waals surface area contributed by atoms with Gasteiger partial charge in [-0.1, -0.05) is 44.0 Å². The molecule has 0 saturated heterocycles. The predicted octanol–water partition coefficient (Wildman–Crippen LogP) is 3.48. The summed E-state index contributed by atoms with van der Waals surface area (Å²) in [6, 6.07) is 1.43. The minimum Gasteiger partial charge on any atom is -0.347 e. The van der Waals surface area contributed by atoms with E-state index in [4.69, 9.17) is 23.2 Å². The smallest absolute Gasteiger partial charge is 0.255 e. The van der Waals surface area contributed by atoms with Crippen LogP contribution in [0.15, 0.2) is 6.07 Å². The third-order valence-corrected chi connectivity index (χ3v) is 3.84. The van der Waals surface area contributed by atoms with Gasteiger partial charge in [0.2, 0.25) is 0 Å². The predicted molar refractivity (Wildman–Crippen MR) is 73.1 cm³/mol. The Morgan fingerprint density at radius 1 is 1.22 bits per heavy atom. The molecule has 1 heterocycles. The van der Waals surface area contributed by atoms with E-state index in [9.17, 15) is 4.79 Å². The van der Waals surface area contributed by atoms with Crippen LogP contribution in [0.25, 0.3) is 0 Å². The Labute approximate surface area is 117 Å². The summed E-state index contributed by atoms with van der Waals surface area (Å²) in [7, 11) is 0. The van der Waals surface area contributed by atoms with Crippen LogP contribution < -0.4 is 5.32 Å². The van der Waals surface area contributed by atoms with Crippen molar-refractivity contribution in [2.75, 3.05) is 0 Å². The zero-order chi connectivity index (χ0) is 13.8. The van der Waals surface area contributed by atoms with Crippen molar-refractivity contribution < 1.29 is 4.79 Å². The molecule has 1 N–H and O–H groups in total. The number of aromatic nitrogens is 2. The van der Waals surface area contributed by atoms with Crippen LogP contribution in [0.4, 0.5) is 0 Å². The topological polar surface area (TPSA) is 54.9 Å². The normalized spacial score (nSPS) is 11.4. The Bertz CT molecular complexity index is 425. The van der Waals surface area contributed by atoms with Crippen LogP contribution in [0.3, 0.4) is 0 Å². The van der Waals surface area contributed by atoms with Gasteiger partial charge >= 0.3 is 0 Å². The maximum Gasteiger partial charge on any atom is 0.255 e. The number of carbonyl (C=O) groups excluding carboxylic acids is 1. The van der Waals surface area contributed by atoms with Gasteiger partial charge in [-0.15, -0.1) is 10.2 Å². The lowest BCUT2D eigenvalue weighted by molar-refractivity contribution is 0.0888. The van der Waals surface area contributed by atoms with Gasteiger partial charge in [-0.3, -0.25) is 4.79 Å². The molecule has 100 valence electrons. The molecule has 0 saturated carbocycles. The first kappa shape index (κ1) is 15.2. The molecule has 0 aliphatic heterocycles. The highest BCUT2D eigenvalue weighted by Crippen LogP contribution is 2.22. The molecule has 0 fully saturated rings. The number of amides is 1. The number of hydrogen-bond acceptors (Lipinski definition) is 3. The van der Waals surface area contributed by atoms with E-state index in [0.29, 0.717) is 0 Å². The van der Waals surface area contributed by atoms with E-state index < -0.39 is 0 Å². The third kappa shape index (κ3) is 3.33. The SMILES string of the molecule is CCC(CC)(CC)NC(=O)c1cc(Cl)nnc1Cl. The third-order valence-electron chi connectivity index (χ3n) is 3.37. The number of rotatable bonds is 5. The minimum absolute atomic E-state index is 0.0640. The Morgan fingerprint density at radius 3 is 2.28 bits per heavy atom. The quantitative estimate of drug-likeness (QED) is 0.903. The average Bonchev–Trinajstić information content (AvgIpc) is 2.38. The largest absolute Gasteiger partial charge is 0.347 e. The molecular formula is C12H17Cl2N3O. The Hall–Kier alpha value is -0.870. The maximum absolute atomic E-state index is 12.2. The molecule has 0 aliphatic carbocycles. The molecule has 4 nitrogen and oxygen atoms in total. The molecule has 0 spiro atoms. The second kappa shape index (κ2) is 6.34. The monoisotopic (exact) mass is 289 g/mol. The molecule has 0 aliphatic rings. The van der Waals surface area contributed by atoms with E-state index in [1.807, 2.05) is 20.8 Å². The van der Waals surface area contributed by atoms with E-state index in [1.165, 1.54) is 6.07 Å². The first-order chi connectivity index (χ1) is 8.48. The van der Waals surface area contributed by atoms with Gasteiger partial charge in [0.1, 0.15) is 0 Å². The molecule has 6 heteroatoms. The van der Waals surface area contributed by atoms with Gasteiger partial charge in [-0.05, 0) is 25.3 Å². The molecule has 1 rings (SSSR count). The van der Waals surface area contributed by atoms with Crippen molar-refractivity contribution in [2.24, 2.45) is 0 Å². The zero-order valence-electron chi connectivity index (χ0n) is 10.8. The number of halogens is 2. The first-order valence-electron chi connectivity index (χ1n) is 5.99. The van der Waals surface area contributed by atoms with E-state index in [1.54, 1.807) is 0 Å². The maximum atomic E-state index is 12.2. The van der Waals surface area contributed by atoms with Gasteiger partial charge in [0.25, 0.3) is 5.91 Å². The van der Waals surface area contributed by atoms with Crippen molar-refractivity contribution in [3.05, 3.63) is 21.9 Å². The Kier molecular flexibility index (Phi) is 5.35. The Balaban J connectivity index is 2.97. The number of nitrogens with one attached hydrogen (secondary N) is 1. The molecule has 1 aromatic heterocycles. The van der Waals surface area contributed by atoms with Gasteiger partial charge in [0, 0.05) is 5.54 Å². The first-order valence-corrected chi connectivity index (χ1v) is 6.74. The van der Waals surface area contributed by atoms with Crippen LogP contribution in [0.5, 0.6) is 0 Å². The molecule has 0 radical (unpaired) electrons. The molecule has 0 aromatic carbocycles. The van der Waals surface area contributed by atoms with Crippen LogP contribution in [0.2, 0.25) is 10.3 Å². The van der Waals surface area contributed by atoms with Crippen molar-refractivity contribution in [1.29, 1.82) is 0 Å². The van der Waals surface area contributed by atoms with E-state index in [0.717, 1.165) is 19.3 Å². The summed E-state index contributed by atoms with van der Waals surface area (Å²) in [5.74, 6) is -0.262. The fourth-order valence-corrected chi connectivity index (χ4v) is 2.16. The van der Waals surface area contributed by atoms with E-state index in [-0.39, 0.29) is 27.3 Å². The average molecular weight is 290 g/mol. The summed E-state index contributed by atoms with van der Waals surface area (Å²) in [5, 5.41) is 10.4. The summed E-state index contributed by atoms with van der Waals surface area (Å²) in [6.45, 7) is 6.14. The Morgan fingerprint density at radius 2 is 1.78 bits per heavy atom. The van der Waals surface area contributed by atoms with Gasteiger partial charge < -0.3 is 5.32 Å². The summed E-state index contributed by atoms with van der Waals surface area (Å²) in [4.78, 5) is 12.2. The highest BCUT2D eigenvalue weighted by molar-refractivity contribution is 6.34. The molecule has 0 bridgehead atoms. The highest BCUT2D eigenvalue weighted by Gasteiger charge is 2.27. The molecule has 0 unspecified atom stereocenters. The van der Waals surface area contributed by atoms with Crippen molar-refractivity contribution in [1.82, 2.24) is 15.5 Å². The van der Waals surface area contributed by atoms with Crippen molar-refractivity contribution in [3.63, 3.8) is 0 Å². The summed E-state index contributed by atoms with van der Waals surface area (Å²) >= 11 is 11.6. The molecule has 1 aromatic rings. The lowest BCUT2D eigenvalue weighted by Crippen LogP contribution is -2.47. The summed E-state index contributed by atoms with van der Waals surface area (Å²) < 4.78 is 0.